The Bertz CT molecular complexity index is 405. The highest BCUT2D eigenvalue weighted by molar-refractivity contribution is 6.35. The lowest BCUT2D eigenvalue weighted by molar-refractivity contribution is -0.144. The Balaban J connectivity index is 1.95. The van der Waals surface area contributed by atoms with Gasteiger partial charge in [0.2, 0.25) is 5.78 Å². The van der Waals surface area contributed by atoms with Gasteiger partial charge >= 0.3 is 0 Å². The van der Waals surface area contributed by atoms with Crippen LogP contribution in [0.15, 0.2) is 30.3 Å². The minimum absolute atomic E-state index is 0.337. The Hall–Kier alpha value is -1.64. The van der Waals surface area contributed by atoms with Crippen LogP contribution in [-0.4, -0.2) is 29.7 Å². The molecule has 90 valence electrons. The van der Waals surface area contributed by atoms with E-state index >= 15 is 0 Å². The van der Waals surface area contributed by atoms with Gasteiger partial charge in [0.05, 0.1) is 0 Å². The molecular formula is C14H17NO2. The van der Waals surface area contributed by atoms with Crippen LogP contribution in [-0.2, 0) is 9.59 Å². The first-order valence-electron chi connectivity index (χ1n) is 6.03. The number of piperidine rings is 1. The zero-order valence-corrected chi connectivity index (χ0v) is 10.1. The summed E-state index contributed by atoms with van der Waals surface area (Å²) in [6, 6.07) is 10.4. The van der Waals surface area contributed by atoms with Crippen molar-refractivity contribution in [2.45, 2.75) is 25.7 Å². The third-order valence-electron chi connectivity index (χ3n) is 3.35. The molecule has 0 N–H and O–H groups in total. The van der Waals surface area contributed by atoms with E-state index in [0.717, 1.165) is 12.8 Å². The molecule has 0 aliphatic carbocycles. The molecule has 1 saturated heterocycles. The van der Waals surface area contributed by atoms with Gasteiger partial charge in [-0.05, 0) is 24.3 Å². The number of carbonyl (C=O) groups is 2. The molecule has 0 aromatic heterocycles. The van der Waals surface area contributed by atoms with Gasteiger partial charge in [-0.2, -0.15) is 0 Å². The summed E-state index contributed by atoms with van der Waals surface area (Å²) >= 11 is 0. The number of hydrogen-bond acceptors (Lipinski definition) is 2. The van der Waals surface area contributed by atoms with E-state index < -0.39 is 0 Å². The van der Waals surface area contributed by atoms with Gasteiger partial charge in [-0.3, -0.25) is 9.59 Å². The molecule has 0 spiro atoms. The predicted octanol–water partition coefficient (Wildman–Crippen LogP) is 1.98. The van der Waals surface area contributed by atoms with Crippen molar-refractivity contribution in [3.63, 3.8) is 0 Å². The van der Waals surface area contributed by atoms with Gasteiger partial charge in [-0.15, -0.1) is 0 Å². The van der Waals surface area contributed by atoms with Crippen LogP contribution in [0.4, 0.5) is 0 Å². The molecule has 3 nitrogen and oxygen atoms in total. The average Bonchev–Trinajstić information content (AvgIpc) is 2.39. The summed E-state index contributed by atoms with van der Waals surface area (Å²) in [5.41, 5.74) is 1.34. The van der Waals surface area contributed by atoms with Crippen molar-refractivity contribution < 1.29 is 9.59 Å². The maximum Gasteiger partial charge on any atom is 0.289 e. The second kappa shape index (κ2) is 5.13. The summed E-state index contributed by atoms with van der Waals surface area (Å²) in [4.78, 5) is 24.2. The van der Waals surface area contributed by atoms with Gasteiger partial charge in [0, 0.05) is 20.0 Å². The number of hydrogen-bond donors (Lipinski definition) is 0. The van der Waals surface area contributed by atoms with E-state index in [1.807, 2.05) is 18.2 Å². The molecule has 1 aromatic rings. The highest BCUT2D eigenvalue weighted by atomic mass is 16.2. The number of benzene rings is 1. The molecule has 0 atom stereocenters. The van der Waals surface area contributed by atoms with E-state index in [1.165, 1.54) is 12.5 Å². The normalized spacial score (nSPS) is 16.9. The standard InChI is InChI=1S/C14H17NO2/c1-11(16)14(17)15-9-7-13(8-10-15)12-5-3-2-4-6-12/h2-6,13H,7-10H2,1H3. The number of amides is 1. The summed E-state index contributed by atoms with van der Waals surface area (Å²) in [5, 5.41) is 0. The van der Waals surface area contributed by atoms with E-state index in [0.29, 0.717) is 19.0 Å². The van der Waals surface area contributed by atoms with E-state index in [9.17, 15) is 9.59 Å². The molecular weight excluding hydrogens is 214 g/mol. The van der Waals surface area contributed by atoms with Crippen molar-refractivity contribution >= 4 is 11.7 Å². The molecule has 1 amide bonds. The lowest BCUT2D eigenvalue weighted by atomic mass is 9.89. The summed E-state index contributed by atoms with van der Waals surface area (Å²) in [6.45, 7) is 2.72. The third-order valence-corrected chi connectivity index (χ3v) is 3.35. The van der Waals surface area contributed by atoms with Crippen LogP contribution in [0.5, 0.6) is 0 Å². The van der Waals surface area contributed by atoms with Crippen LogP contribution in [0, 0.1) is 0 Å². The highest BCUT2D eigenvalue weighted by Crippen LogP contribution is 2.27. The molecule has 3 heteroatoms. The van der Waals surface area contributed by atoms with Gasteiger partial charge in [0.1, 0.15) is 0 Å². The first kappa shape index (κ1) is 11.8. The smallest absolute Gasteiger partial charge is 0.289 e. The van der Waals surface area contributed by atoms with Crippen LogP contribution in [0.1, 0.15) is 31.2 Å². The van der Waals surface area contributed by atoms with Gasteiger partial charge in [-0.1, -0.05) is 30.3 Å². The Kier molecular flexibility index (Phi) is 3.57. The predicted molar refractivity (Wildman–Crippen MR) is 65.7 cm³/mol. The summed E-state index contributed by atoms with van der Waals surface area (Å²) in [5.74, 6) is -0.174. The molecule has 0 bridgehead atoms. The number of rotatable bonds is 2. The maximum atomic E-state index is 11.5. The Labute approximate surface area is 101 Å². The molecule has 1 aliphatic rings. The quantitative estimate of drug-likeness (QED) is 0.730. The molecule has 2 rings (SSSR count). The van der Waals surface area contributed by atoms with E-state index in [1.54, 1.807) is 4.90 Å². The van der Waals surface area contributed by atoms with Crippen LogP contribution in [0.25, 0.3) is 0 Å². The summed E-state index contributed by atoms with van der Waals surface area (Å²) < 4.78 is 0. The summed E-state index contributed by atoms with van der Waals surface area (Å²) in [7, 11) is 0. The molecule has 1 heterocycles. The fourth-order valence-electron chi connectivity index (χ4n) is 2.36. The monoisotopic (exact) mass is 231 g/mol. The lowest BCUT2D eigenvalue weighted by Gasteiger charge is -2.31. The first-order chi connectivity index (χ1) is 8.18. The minimum atomic E-state index is -0.358. The van der Waals surface area contributed by atoms with E-state index in [4.69, 9.17) is 0 Å². The first-order valence-corrected chi connectivity index (χ1v) is 6.03. The third kappa shape index (κ3) is 2.73. The maximum absolute atomic E-state index is 11.5. The van der Waals surface area contributed by atoms with E-state index in [2.05, 4.69) is 12.1 Å². The molecule has 0 saturated carbocycles. The number of nitrogens with zero attached hydrogens (tertiary/aromatic N) is 1. The molecule has 17 heavy (non-hydrogen) atoms. The molecule has 0 unspecified atom stereocenters. The van der Waals surface area contributed by atoms with Crippen molar-refractivity contribution in [3.05, 3.63) is 35.9 Å². The van der Waals surface area contributed by atoms with Gasteiger partial charge in [0.15, 0.2) is 0 Å². The van der Waals surface area contributed by atoms with Crippen molar-refractivity contribution in [3.8, 4) is 0 Å². The number of carbonyl (C=O) groups excluding carboxylic acids is 2. The van der Waals surface area contributed by atoms with Crippen molar-refractivity contribution in [2.75, 3.05) is 13.1 Å². The fraction of sp³-hybridized carbons (Fsp3) is 0.429. The molecule has 0 radical (unpaired) electrons. The van der Waals surface area contributed by atoms with Crippen LogP contribution in [0.3, 0.4) is 0 Å². The van der Waals surface area contributed by atoms with Crippen LogP contribution < -0.4 is 0 Å². The zero-order valence-electron chi connectivity index (χ0n) is 10.1. The fourth-order valence-corrected chi connectivity index (χ4v) is 2.36. The van der Waals surface area contributed by atoms with Crippen molar-refractivity contribution in [1.29, 1.82) is 0 Å². The number of likely N-dealkylation sites (tertiary alicyclic amines) is 1. The number of ketones is 1. The highest BCUT2D eigenvalue weighted by Gasteiger charge is 2.25. The second-order valence-electron chi connectivity index (χ2n) is 4.53. The lowest BCUT2D eigenvalue weighted by Crippen LogP contribution is -2.40. The Morgan fingerprint density at radius 1 is 1.12 bits per heavy atom. The number of Topliss-reactive ketones (excluding diaryl/α,β-unsaturated/α-hetero) is 1. The van der Waals surface area contributed by atoms with Gasteiger partial charge < -0.3 is 4.90 Å². The zero-order chi connectivity index (χ0) is 12.3. The SMILES string of the molecule is CC(=O)C(=O)N1CCC(c2ccccc2)CC1. The Morgan fingerprint density at radius 2 is 1.71 bits per heavy atom. The summed E-state index contributed by atoms with van der Waals surface area (Å²) in [6.07, 6.45) is 1.89. The largest absolute Gasteiger partial charge is 0.336 e. The molecule has 1 fully saturated rings. The Morgan fingerprint density at radius 3 is 2.24 bits per heavy atom. The van der Waals surface area contributed by atoms with Crippen molar-refractivity contribution in [2.24, 2.45) is 0 Å². The topological polar surface area (TPSA) is 37.4 Å². The van der Waals surface area contributed by atoms with Gasteiger partial charge in [-0.25, -0.2) is 0 Å². The van der Waals surface area contributed by atoms with Crippen LogP contribution in [0.2, 0.25) is 0 Å². The van der Waals surface area contributed by atoms with Gasteiger partial charge in [0.25, 0.3) is 5.91 Å². The van der Waals surface area contributed by atoms with E-state index in [-0.39, 0.29) is 11.7 Å². The van der Waals surface area contributed by atoms with Crippen LogP contribution >= 0.6 is 0 Å². The average molecular weight is 231 g/mol. The minimum Gasteiger partial charge on any atom is -0.336 e. The molecule has 1 aliphatic heterocycles. The molecule has 1 aromatic carbocycles. The van der Waals surface area contributed by atoms with Crippen molar-refractivity contribution in [1.82, 2.24) is 4.90 Å². The second-order valence-corrected chi connectivity index (χ2v) is 4.53.